The largest absolute Gasteiger partial charge is 0.383 e. The second-order valence-electron chi connectivity index (χ2n) is 5.65. The number of rotatable bonds is 8. The van der Waals surface area contributed by atoms with Crippen LogP contribution in [0.15, 0.2) is 24.3 Å². The van der Waals surface area contributed by atoms with E-state index in [2.05, 4.69) is 10.2 Å². The van der Waals surface area contributed by atoms with Crippen molar-refractivity contribution in [1.82, 2.24) is 10.2 Å². The van der Waals surface area contributed by atoms with Gasteiger partial charge in [0.15, 0.2) is 0 Å². The minimum atomic E-state index is -0.141. The molecule has 0 saturated heterocycles. The van der Waals surface area contributed by atoms with Crippen molar-refractivity contribution < 1.29 is 9.13 Å². The third-order valence-corrected chi connectivity index (χ3v) is 4.12. The van der Waals surface area contributed by atoms with E-state index in [0.29, 0.717) is 12.6 Å². The van der Waals surface area contributed by atoms with Gasteiger partial charge in [-0.3, -0.25) is 4.90 Å². The lowest BCUT2D eigenvalue weighted by Crippen LogP contribution is -2.44. The Morgan fingerprint density at radius 3 is 2.70 bits per heavy atom. The average Bonchev–Trinajstić information content (AvgIpc) is 3.26. The molecule has 1 saturated carbocycles. The molecule has 0 heterocycles. The highest BCUT2D eigenvalue weighted by molar-refractivity contribution is 5.20. The Kier molecular flexibility index (Phi) is 5.52. The van der Waals surface area contributed by atoms with Crippen LogP contribution in [0.25, 0.3) is 0 Å². The van der Waals surface area contributed by atoms with E-state index in [0.717, 1.165) is 12.1 Å². The lowest BCUT2D eigenvalue weighted by molar-refractivity contribution is 0.0825. The molecule has 1 N–H and O–H groups in total. The maximum absolute atomic E-state index is 13.9. The smallest absolute Gasteiger partial charge is 0.127 e. The highest BCUT2D eigenvalue weighted by Gasteiger charge is 2.26. The monoisotopic (exact) mass is 280 g/mol. The van der Waals surface area contributed by atoms with Crippen LogP contribution in [0, 0.1) is 5.82 Å². The molecule has 112 valence electrons. The molecule has 1 fully saturated rings. The Morgan fingerprint density at radius 1 is 1.40 bits per heavy atom. The van der Waals surface area contributed by atoms with Crippen LogP contribution in [0.3, 0.4) is 0 Å². The number of methoxy groups -OCH3 is 1. The molecule has 1 aliphatic rings. The van der Waals surface area contributed by atoms with Crippen molar-refractivity contribution in [3.63, 3.8) is 0 Å². The van der Waals surface area contributed by atoms with E-state index in [1.54, 1.807) is 13.2 Å². The van der Waals surface area contributed by atoms with Crippen LogP contribution in [0.1, 0.15) is 31.4 Å². The summed E-state index contributed by atoms with van der Waals surface area (Å²) in [4.78, 5) is 2.19. The zero-order chi connectivity index (χ0) is 14.5. The number of ether oxygens (including phenoxy) is 1. The zero-order valence-corrected chi connectivity index (χ0v) is 12.6. The van der Waals surface area contributed by atoms with Crippen LogP contribution in [-0.4, -0.2) is 44.3 Å². The summed E-state index contributed by atoms with van der Waals surface area (Å²) in [6.07, 6.45) is 2.54. The van der Waals surface area contributed by atoms with Crippen molar-refractivity contribution in [2.75, 3.05) is 27.3 Å². The number of likely N-dealkylation sites (N-methyl/N-ethyl adjacent to an activating group) is 1. The summed E-state index contributed by atoms with van der Waals surface area (Å²) in [7, 11) is 3.75. The molecule has 0 bridgehead atoms. The second kappa shape index (κ2) is 7.16. The molecule has 2 atom stereocenters. The Balaban J connectivity index is 2.00. The van der Waals surface area contributed by atoms with Gasteiger partial charge in [-0.25, -0.2) is 4.39 Å². The fraction of sp³-hybridized carbons (Fsp3) is 0.625. The summed E-state index contributed by atoms with van der Waals surface area (Å²) in [5, 5.41) is 3.53. The van der Waals surface area contributed by atoms with E-state index in [1.165, 1.54) is 18.9 Å². The van der Waals surface area contributed by atoms with E-state index in [1.807, 2.05) is 26.1 Å². The van der Waals surface area contributed by atoms with Crippen LogP contribution in [0.5, 0.6) is 0 Å². The van der Waals surface area contributed by atoms with E-state index >= 15 is 0 Å². The first-order valence-electron chi connectivity index (χ1n) is 7.32. The highest BCUT2D eigenvalue weighted by atomic mass is 19.1. The number of hydrogen-bond acceptors (Lipinski definition) is 3. The number of hydrogen-bond donors (Lipinski definition) is 1. The lowest BCUT2D eigenvalue weighted by atomic mass is 10.0. The number of nitrogens with one attached hydrogen (secondary N) is 1. The van der Waals surface area contributed by atoms with Gasteiger partial charge in [-0.15, -0.1) is 0 Å². The molecular weight excluding hydrogens is 255 g/mol. The van der Waals surface area contributed by atoms with Crippen molar-refractivity contribution in [3.8, 4) is 0 Å². The molecular formula is C16H25FN2O. The summed E-state index contributed by atoms with van der Waals surface area (Å²) in [6, 6.07) is 7.94. The summed E-state index contributed by atoms with van der Waals surface area (Å²) >= 11 is 0. The molecule has 1 aromatic rings. The second-order valence-corrected chi connectivity index (χ2v) is 5.65. The van der Waals surface area contributed by atoms with Crippen LogP contribution < -0.4 is 5.32 Å². The first-order chi connectivity index (χ1) is 9.63. The SMILES string of the molecule is COCC(CNC1CC1)N(C)C(C)c1ccccc1F. The molecule has 0 radical (unpaired) electrons. The Bertz CT molecular complexity index is 423. The first kappa shape index (κ1) is 15.4. The van der Waals surface area contributed by atoms with Crippen molar-refractivity contribution in [2.45, 2.75) is 37.9 Å². The third-order valence-electron chi connectivity index (χ3n) is 4.12. The topological polar surface area (TPSA) is 24.5 Å². The predicted molar refractivity (Wildman–Crippen MR) is 79.3 cm³/mol. The summed E-state index contributed by atoms with van der Waals surface area (Å²) < 4.78 is 19.2. The van der Waals surface area contributed by atoms with Crippen LogP contribution in [0.4, 0.5) is 4.39 Å². The molecule has 0 aliphatic heterocycles. The molecule has 1 aromatic carbocycles. The summed E-state index contributed by atoms with van der Waals surface area (Å²) in [6.45, 7) is 3.57. The minimum Gasteiger partial charge on any atom is -0.383 e. The van der Waals surface area contributed by atoms with Crippen LogP contribution in [-0.2, 0) is 4.74 Å². The number of benzene rings is 1. The van der Waals surface area contributed by atoms with Gasteiger partial charge in [0.2, 0.25) is 0 Å². The van der Waals surface area contributed by atoms with Gasteiger partial charge in [0.1, 0.15) is 5.82 Å². The first-order valence-corrected chi connectivity index (χ1v) is 7.32. The number of halogens is 1. The van der Waals surface area contributed by atoms with Crippen LogP contribution in [0.2, 0.25) is 0 Å². The van der Waals surface area contributed by atoms with Gasteiger partial charge in [0.25, 0.3) is 0 Å². The molecule has 0 aromatic heterocycles. The lowest BCUT2D eigenvalue weighted by Gasteiger charge is -2.33. The Morgan fingerprint density at radius 2 is 2.10 bits per heavy atom. The van der Waals surface area contributed by atoms with Gasteiger partial charge >= 0.3 is 0 Å². The van der Waals surface area contributed by atoms with Gasteiger partial charge < -0.3 is 10.1 Å². The molecule has 0 amide bonds. The van der Waals surface area contributed by atoms with Gasteiger partial charge in [0, 0.05) is 37.3 Å². The quantitative estimate of drug-likeness (QED) is 0.792. The van der Waals surface area contributed by atoms with Gasteiger partial charge in [-0.2, -0.15) is 0 Å². The van der Waals surface area contributed by atoms with E-state index < -0.39 is 0 Å². The molecule has 2 rings (SSSR count). The highest BCUT2D eigenvalue weighted by Crippen LogP contribution is 2.24. The predicted octanol–water partition coefficient (Wildman–Crippen LogP) is 2.59. The van der Waals surface area contributed by atoms with Crippen molar-refractivity contribution >= 4 is 0 Å². The van der Waals surface area contributed by atoms with Gasteiger partial charge in [0.05, 0.1) is 6.61 Å². The standard InChI is InChI=1S/C16H25FN2O/c1-12(15-6-4-5-7-16(15)17)19(2)14(11-20-3)10-18-13-8-9-13/h4-7,12-14,18H,8-11H2,1-3H3. The fourth-order valence-electron chi connectivity index (χ4n) is 2.45. The van der Waals surface area contributed by atoms with Gasteiger partial charge in [-0.05, 0) is 32.9 Å². The Hall–Kier alpha value is -0.970. The maximum Gasteiger partial charge on any atom is 0.127 e. The van der Waals surface area contributed by atoms with Gasteiger partial charge in [-0.1, -0.05) is 18.2 Å². The summed E-state index contributed by atoms with van der Waals surface area (Å²) in [5.74, 6) is -0.141. The zero-order valence-electron chi connectivity index (χ0n) is 12.6. The normalized spacial score (nSPS) is 18.2. The van der Waals surface area contributed by atoms with E-state index in [-0.39, 0.29) is 17.9 Å². The average molecular weight is 280 g/mol. The van der Waals surface area contributed by atoms with E-state index in [9.17, 15) is 4.39 Å². The van der Waals surface area contributed by atoms with E-state index in [4.69, 9.17) is 4.74 Å². The molecule has 3 nitrogen and oxygen atoms in total. The molecule has 0 spiro atoms. The fourth-order valence-corrected chi connectivity index (χ4v) is 2.45. The maximum atomic E-state index is 13.9. The third kappa shape index (κ3) is 4.01. The number of nitrogens with zero attached hydrogens (tertiary/aromatic N) is 1. The van der Waals surface area contributed by atoms with Crippen molar-refractivity contribution in [1.29, 1.82) is 0 Å². The molecule has 1 aliphatic carbocycles. The summed E-state index contributed by atoms with van der Waals surface area (Å²) in [5.41, 5.74) is 0.738. The molecule has 2 unspecified atom stereocenters. The molecule has 20 heavy (non-hydrogen) atoms. The van der Waals surface area contributed by atoms with Crippen molar-refractivity contribution in [2.24, 2.45) is 0 Å². The Labute approximate surface area is 121 Å². The van der Waals surface area contributed by atoms with Crippen molar-refractivity contribution in [3.05, 3.63) is 35.6 Å². The van der Waals surface area contributed by atoms with Crippen LogP contribution >= 0.6 is 0 Å². The minimum absolute atomic E-state index is 0.0253. The molecule has 4 heteroatoms.